The first kappa shape index (κ1) is 19.1. The molecular weight excluding hydrogens is 372 g/mol. The van der Waals surface area contributed by atoms with Gasteiger partial charge in [0.2, 0.25) is 0 Å². The maximum atomic E-state index is 12.0. The zero-order valence-electron chi connectivity index (χ0n) is 14.5. The van der Waals surface area contributed by atoms with Crippen LogP contribution in [0.5, 0.6) is 5.75 Å². The van der Waals surface area contributed by atoms with Crippen LogP contribution in [-0.2, 0) is 16.1 Å². The number of nitro groups is 1. The number of carbonyl (C=O) groups excluding carboxylic acids is 1. The molecule has 3 rings (SSSR count). The van der Waals surface area contributed by atoms with Gasteiger partial charge in [-0.3, -0.25) is 25.8 Å². The molecule has 0 saturated heterocycles. The molecule has 2 aliphatic rings. The highest BCUT2D eigenvalue weighted by molar-refractivity contribution is 7.80. The molecule has 1 aromatic carbocycles. The summed E-state index contributed by atoms with van der Waals surface area (Å²) in [7, 11) is 0. The summed E-state index contributed by atoms with van der Waals surface area (Å²) in [6.07, 6.45) is 7.20. The Balaban J connectivity index is 1.61. The van der Waals surface area contributed by atoms with E-state index in [1.54, 1.807) is 0 Å². The van der Waals surface area contributed by atoms with Crippen LogP contribution in [0.25, 0.3) is 6.08 Å². The van der Waals surface area contributed by atoms with Crippen molar-refractivity contribution in [3.05, 3.63) is 39.4 Å². The van der Waals surface area contributed by atoms with Gasteiger partial charge in [-0.2, -0.15) is 0 Å². The Morgan fingerprint density at radius 1 is 1.30 bits per heavy atom. The highest BCUT2D eigenvalue weighted by Gasteiger charge is 2.20. The van der Waals surface area contributed by atoms with Crippen molar-refractivity contribution in [2.45, 2.75) is 38.3 Å². The number of fused-ring (bicyclic) bond motifs is 1. The quantitative estimate of drug-likeness (QED) is 0.308. The third kappa shape index (κ3) is 5.14. The Morgan fingerprint density at radius 2 is 2.07 bits per heavy atom. The van der Waals surface area contributed by atoms with Crippen molar-refractivity contribution in [2.75, 3.05) is 6.79 Å². The molecule has 1 saturated carbocycles. The Labute approximate surface area is 161 Å². The Morgan fingerprint density at radius 3 is 2.81 bits per heavy atom. The second kappa shape index (κ2) is 8.78. The molecule has 1 aliphatic heterocycles. The number of amides is 1. The molecule has 0 bridgehead atoms. The normalized spacial score (nSPS) is 16.4. The topological polar surface area (TPSA) is 115 Å². The Kier molecular flexibility index (Phi) is 6.20. The number of nitrogens with zero attached hydrogens (tertiary/aromatic N) is 1. The van der Waals surface area contributed by atoms with Gasteiger partial charge in [0.25, 0.3) is 11.6 Å². The minimum absolute atomic E-state index is 0.0561. The van der Waals surface area contributed by atoms with Gasteiger partial charge in [-0.25, -0.2) is 0 Å². The third-order valence-electron chi connectivity index (χ3n) is 4.34. The fourth-order valence-electron chi connectivity index (χ4n) is 3.08. The number of hydrogen-bond acceptors (Lipinski definition) is 6. The van der Waals surface area contributed by atoms with Crippen LogP contribution >= 0.6 is 12.2 Å². The van der Waals surface area contributed by atoms with Gasteiger partial charge >= 0.3 is 0 Å². The summed E-state index contributed by atoms with van der Waals surface area (Å²) in [5, 5.41) is 14.6. The summed E-state index contributed by atoms with van der Waals surface area (Å²) in [5.74, 6) is 0.0279. The molecule has 10 heteroatoms. The molecule has 144 valence electrons. The number of ether oxygens (including phenoxy) is 2. The lowest BCUT2D eigenvalue weighted by Gasteiger charge is -2.19. The number of nitro benzene ring substituents is 1. The molecule has 0 aromatic heterocycles. The van der Waals surface area contributed by atoms with Gasteiger partial charge in [-0.05, 0) is 31.1 Å². The summed E-state index contributed by atoms with van der Waals surface area (Å²) in [5.41, 5.74) is 6.02. The Hall–Kier alpha value is -2.72. The van der Waals surface area contributed by atoms with E-state index in [2.05, 4.69) is 16.2 Å². The van der Waals surface area contributed by atoms with Crippen molar-refractivity contribution in [3.63, 3.8) is 0 Å². The molecule has 27 heavy (non-hydrogen) atoms. The van der Waals surface area contributed by atoms with Crippen LogP contribution in [0.3, 0.4) is 0 Å². The van der Waals surface area contributed by atoms with E-state index in [0.29, 0.717) is 28.0 Å². The van der Waals surface area contributed by atoms with Crippen molar-refractivity contribution in [3.8, 4) is 5.75 Å². The average Bonchev–Trinajstić information content (AvgIpc) is 3.17. The molecule has 0 spiro atoms. The summed E-state index contributed by atoms with van der Waals surface area (Å²) in [6, 6.07) is 3.10. The molecule has 0 unspecified atom stereocenters. The highest BCUT2D eigenvalue weighted by atomic mass is 32.1. The summed E-state index contributed by atoms with van der Waals surface area (Å²) in [6.45, 7) is 0.271. The lowest BCUT2D eigenvalue weighted by Crippen LogP contribution is -2.48. The molecule has 1 aliphatic carbocycles. The van der Waals surface area contributed by atoms with E-state index < -0.39 is 10.8 Å². The highest BCUT2D eigenvalue weighted by Crippen LogP contribution is 2.33. The van der Waals surface area contributed by atoms with E-state index in [1.165, 1.54) is 37.1 Å². The lowest BCUT2D eigenvalue weighted by atomic mass is 10.1. The molecule has 1 amide bonds. The van der Waals surface area contributed by atoms with Gasteiger partial charge in [0.15, 0.2) is 11.9 Å². The van der Waals surface area contributed by atoms with Crippen LogP contribution in [0.2, 0.25) is 0 Å². The van der Waals surface area contributed by atoms with Crippen LogP contribution in [0.1, 0.15) is 36.8 Å². The number of rotatable bonds is 4. The van der Waals surface area contributed by atoms with Crippen LogP contribution < -0.4 is 20.9 Å². The summed E-state index contributed by atoms with van der Waals surface area (Å²) < 4.78 is 10.6. The van der Waals surface area contributed by atoms with Crippen molar-refractivity contribution >= 4 is 35.0 Å². The smallest absolute Gasteiger partial charge is 0.270 e. The van der Waals surface area contributed by atoms with Gasteiger partial charge in [0, 0.05) is 35.4 Å². The van der Waals surface area contributed by atoms with Gasteiger partial charge in [-0.1, -0.05) is 12.8 Å². The predicted molar refractivity (Wildman–Crippen MR) is 102 cm³/mol. The number of nitrogens with one attached hydrogen (secondary N) is 3. The predicted octanol–water partition coefficient (Wildman–Crippen LogP) is 1.91. The van der Waals surface area contributed by atoms with Crippen LogP contribution in [0, 0.1) is 10.1 Å². The SMILES string of the molecule is O=C(/C=C/c1cc([N+](=O)[O-])cc2c1OCOC2)NNC(=S)NC1CCCC1. The van der Waals surface area contributed by atoms with Crippen molar-refractivity contribution < 1.29 is 19.2 Å². The van der Waals surface area contributed by atoms with E-state index in [1.807, 2.05) is 0 Å². The van der Waals surface area contributed by atoms with Crippen molar-refractivity contribution in [1.29, 1.82) is 0 Å². The number of carbonyl (C=O) groups is 1. The monoisotopic (exact) mass is 392 g/mol. The van der Waals surface area contributed by atoms with Crippen molar-refractivity contribution in [2.24, 2.45) is 0 Å². The summed E-state index contributed by atoms with van der Waals surface area (Å²) >= 11 is 5.14. The average molecular weight is 392 g/mol. The molecule has 1 heterocycles. The fourth-order valence-corrected chi connectivity index (χ4v) is 3.30. The second-order valence-corrected chi connectivity index (χ2v) is 6.70. The first-order chi connectivity index (χ1) is 13.0. The molecule has 0 atom stereocenters. The number of hydrazine groups is 1. The molecule has 3 N–H and O–H groups in total. The van der Waals surface area contributed by atoms with E-state index in [0.717, 1.165) is 12.8 Å². The molecule has 1 aromatic rings. The van der Waals surface area contributed by atoms with Gasteiger partial charge < -0.3 is 14.8 Å². The van der Waals surface area contributed by atoms with E-state index >= 15 is 0 Å². The van der Waals surface area contributed by atoms with Crippen molar-refractivity contribution in [1.82, 2.24) is 16.2 Å². The molecule has 9 nitrogen and oxygen atoms in total. The van der Waals surface area contributed by atoms with E-state index in [9.17, 15) is 14.9 Å². The van der Waals surface area contributed by atoms with Gasteiger partial charge in [0.1, 0.15) is 5.75 Å². The number of thiocarbonyl (C=S) groups is 1. The number of benzene rings is 1. The number of hydrogen-bond donors (Lipinski definition) is 3. The first-order valence-corrected chi connectivity index (χ1v) is 9.00. The molecule has 0 radical (unpaired) electrons. The molecule has 1 fully saturated rings. The van der Waals surface area contributed by atoms with Gasteiger partial charge in [-0.15, -0.1) is 0 Å². The summed E-state index contributed by atoms with van der Waals surface area (Å²) in [4.78, 5) is 22.6. The van der Waals surface area contributed by atoms with Crippen LogP contribution in [0.4, 0.5) is 5.69 Å². The lowest BCUT2D eigenvalue weighted by molar-refractivity contribution is -0.385. The van der Waals surface area contributed by atoms with E-state index in [4.69, 9.17) is 21.7 Å². The standard InChI is InChI=1S/C17H20N4O5S/c22-15(19-20-17(27)18-13-3-1-2-4-13)6-5-11-7-14(21(23)24)8-12-9-25-10-26-16(11)12/h5-8,13H,1-4,9-10H2,(H,19,22)(H2,18,20,27)/b6-5+. The van der Waals surface area contributed by atoms with E-state index in [-0.39, 0.29) is 19.1 Å². The second-order valence-electron chi connectivity index (χ2n) is 6.29. The maximum absolute atomic E-state index is 12.0. The zero-order chi connectivity index (χ0) is 19.2. The van der Waals surface area contributed by atoms with Gasteiger partial charge in [0.05, 0.1) is 11.5 Å². The third-order valence-corrected chi connectivity index (χ3v) is 4.56. The fraction of sp³-hybridized carbons (Fsp3) is 0.412. The largest absolute Gasteiger partial charge is 0.467 e. The Bertz CT molecular complexity index is 777. The number of non-ortho nitro benzene ring substituents is 1. The zero-order valence-corrected chi connectivity index (χ0v) is 15.3. The molecular formula is C17H20N4O5S. The minimum Gasteiger partial charge on any atom is -0.467 e. The van der Waals surface area contributed by atoms with Crippen LogP contribution in [-0.4, -0.2) is 28.8 Å². The maximum Gasteiger partial charge on any atom is 0.270 e. The first-order valence-electron chi connectivity index (χ1n) is 8.59. The minimum atomic E-state index is -0.499. The van der Waals surface area contributed by atoms with Crippen LogP contribution in [0.15, 0.2) is 18.2 Å².